The predicted molar refractivity (Wildman–Crippen MR) is 185 cm³/mol. The average molecular weight is 620 g/mol. The molecule has 6 nitrogen and oxygen atoms in total. The average Bonchev–Trinajstić information content (AvgIpc) is 3.13. The summed E-state index contributed by atoms with van der Waals surface area (Å²) >= 11 is 0. The van der Waals surface area contributed by atoms with E-state index >= 15 is 0 Å². The fourth-order valence-electron chi connectivity index (χ4n) is 6.94. The molecular weight excluding hydrogens is 582 g/mol. The lowest BCUT2D eigenvalue weighted by Crippen LogP contribution is -2.62. The first-order valence-corrected chi connectivity index (χ1v) is 16.1. The molecule has 6 heteroatoms. The number of pyridine rings is 1. The number of hydrogen-bond acceptors (Lipinski definition) is 5. The quantitative estimate of drug-likeness (QED) is 0.162. The van der Waals surface area contributed by atoms with Gasteiger partial charge in [-0.05, 0) is 34.4 Å². The Morgan fingerprint density at radius 3 is 1.85 bits per heavy atom. The van der Waals surface area contributed by atoms with Crippen molar-refractivity contribution in [2.24, 2.45) is 0 Å². The Morgan fingerprint density at radius 1 is 0.702 bits per heavy atom. The fraction of sp³-hybridized carbons (Fsp3) is 0.171. The molecule has 0 radical (unpaired) electrons. The fourth-order valence-corrected chi connectivity index (χ4v) is 6.94. The molecule has 47 heavy (non-hydrogen) atoms. The molecule has 1 aromatic heterocycles. The van der Waals surface area contributed by atoms with Crippen molar-refractivity contribution in [2.75, 3.05) is 19.6 Å². The van der Waals surface area contributed by atoms with E-state index in [1.165, 1.54) is 0 Å². The molecule has 0 bridgehead atoms. The van der Waals surface area contributed by atoms with Gasteiger partial charge in [0.1, 0.15) is 23.9 Å². The molecule has 6 aromatic rings. The number of benzene rings is 5. The van der Waals surface area contributed by atoms with Crippen LogP contribution in [0.5, 0.6) is 5.75 Å². The first kappa shape index (κ1) is 30.4. The van der Waals surface area contributed by atoms with Gasteiger partial charge in [-0.1, -0.05) is 140 Å². The number of piperazine rings is 1. The van der Waals surface area contributed by atoms with Crippen molar-refractivity contribution < 1.29 is 14.6 Å². The number of aromatic nitrogens is 1. The van der Waals surface area contributed by atoms with Gasteiger partial charge >= 0.3 is 5.97 Å². The smallest absolute Gasteiger partial charge is 0.322 e. The van der Waals surface area contributed by atoms with Crippen LogP contribution in [-0.4, -0.2) is 51.5 Å². The number of carbonyl (C=O) groups is 1. The molecule has 7 rings (SSSR count). The minimum atomic E-state index is -0.842. The molecule has 1 aliphatic rings. The van der Waals surface area contributed by atoms with Crippen molar-refractivity contribution >= 4 is 16.9 Å². The number of aliphatic carboxylic acids is 1. The van der Waals surface area contributed by atoms with E-state index in [1.807, 2.05) is 83.8 Å². The van der Waals surface area contributed by atoms with Gasteiger partial charge in [-0.2, -0.15) is 0 Å². The molecule has 5 aromatic carbocycles. The zero-order valence-electron chi connectivity index (χ0n) is 26.2. The van der Waals surface area contributed by atoms with Crippen LogP contribution in [0, 0.1) is 0 Å². The summed E-state index contributed by atoms with van der Waals surface area (Å²) < 4.78 is 6.21. The molecule has 2 heterocycles. The van der Waals surface area contributed by atoms with Gasteiger partial charge in [0.25, 0.3) is 0 Å². The molecule has 0 spiro atoms. The predicted octanol–water partition coefficient (Wildman–Crippen LogP) is 7.38. The lowest BCUT2D eigenvalue weighted by molar-refractivity contribution is -0.147. The van der Waals surface area contributed by atoms with Crippen molar-refractivity contribution in [1.29, 1.82) is 0 Å². The van der Waals surface area contributed by atoms with Crippen LogP contribution in [0.1, 0.15) is 27.9 Å². The van der Waals surface area contributed by atoms with Crippen LogP contribution in [0.2, 0.25) is 0 Å². The molecule has 1 aliphatic heterocycles. The number of hydrogen-bond donors (Lipinski definition) is 1. The Kier molecular flexibility index (Phi) is 8.78. The number of para-hydroxylation sites is 1. The monoisotopic (exact) mass is 619 g/mol. The van der Waals surface area contributed by atoms with Gasteiger partial charge in [0, 0.05) is 31.6 Å². The Morgan fingerprint density at radius 2 is 1.28 bits per heavy atom. The number of nitrogens with zero attached hydrogens (tertiary/aromatic N) is 3. The Labute approximate surface area is 275 Å². The van der Waals surface area contributed by atoms with Crippen molar-refractivity contribution in [3.05, 3.63) is 180 Å². The lowest BCUT2D eigenvalue weighted by Gasteiger charge is -2.50. The standard InChI is InChI=1S/C41H37N3O3/c45-40(46)37-29-44(41(33-17-7-2-8-18-33,34-19-9-3-10-20-34)35-21-11-4-12-22-35)27-26-43(37)28-36-25-24-32-16-13-23-38(39(32)42-36)47-30-31-14-5-1-6-15-31/h1-25,37H,26-30H2,(H,45,46). The third-order valence-electron chi connectivity index (χ3n) is 9.17. The second-order valence-electron chi connectivity index (χ2n) is 12.0. The van der Waals surface area contributed by atoms with Gasteiger partial charge in [0.15, 0.2) is 0 Å². The third-order valence-corrected chi connectivity index (χ3v) is 9.17. The van der Waals surface area contributed by atoms with Crippen LogP contribution in [0.25, 0.3) is 10.9 Å². The van der Waals surface area contributed by atoms with Crippen molar-refractivity contribution in [3.63, 3.8) is 0 Å². The van der Waals surface area contributed by atoms with Crippen molar-refractivity contribution in [1.82, 2.24) is 14.8 Å². The van der Waals surface area contributed by atoms with Gasteiger partial charge in [0.2, 0.25) is 0 Å². The van der Waals surface area contributed by atoms with Crippen LogP contribution in [0.15, 0.2) is 152 Å². The molecule has 1 unspecified atom stereocenters. The molecule has 1 saturated heterocycles. The summed E-state index contributed by atoms with van der Waals surface area (Å²) in [4.78, 5) is 22.4. The molecule has 234 valence electrons. The third kappa shape index (κ3) is 6.13. The van der Waals surface area contributed by atoms with Gasteiger partial charge < -0.3 is 9.84 Å². The van der Waals surface area contributed by atoms with Gasteiger partial charge in [0.05, 0.1) is 11.2 Å². The topological polar surface area (TPSA) is 65.9 Å². The Balaban J connectivity index is 1.21. The summed E-state index contributed by atoms with van der Waals surface area (Å²) in [6, 6.07) is 50.7. The molecule has 1 atom stereocenters. The van der Waals surface area contributed by atoms with Crippen LogP contribution in [-0.2, 0) is 23.5 Å². The highest BCUT2D eigenvalue weighted by molar-refractivity contribution is 5.84. The van der Waals surface area contributed by atoms with Gasteiger partial charge in [-0.25, -0.2) is 4.98 Å². The zero-order chi connectivity index (χ0) is 32.1. The first-order valence-electron chi connectivity index (χ1n) is 16.1. The first-order chi connectivity index (χ1) is 23.1. The summed E-state index contributed by atoms with van der Waals surface area (Å²) in [5.74, 6) is -0.128. The van der Waals surface area contributed by atoms with Crippen molar-refractivity contribution in [2.45, 2.75) is 24.7 Å². The SMILES string of the molecule is O=C(O)C1CN(C(c2ccccc2)(c2ccccc2)c2ccccc2)CCN1Cc1ccc2cccc(OCc3ccccc3)c2n1. The Bertz CT molecular complexity index is 1840. The van der Waals surface area contributed by atoms with Gasteiger partial charge in [-0.3, -0.25) is 14.6 Å². The molecule has 0 saturated carbocycles. The van der Waals surface area contributed by atoms with E-state index in [1.54, 1.807) is 0 Å². The van der Waals surface area contributed by atoms with E-state index in [0.29, 0.717) is 38.5 Å². The minimum Gasteiger partial charge on any atom is -0.487 e. The van der Waals surface area contributed by atoms with Crippen LogP contribution in [0.4, 0.5) is 0 Å². The maximum Gasteiger partial charge on any atom is 0.322 e. The molecular formula is C41H37N3O3. The highest BCUT2D eigenvalue weighted by Gasteiger charge is 2.46. The van der Waals surface area contributed by atoms with Crippen molar-refractivity contribution in [3.8, 4) is 5.75 Å². The Hall–Kier alpha value is -5.30. The minimum absolute atomic E-state index is 0.340. The summed E-state index contributed by atoms with van der Waals surface area (Å²) in [5.41, 5.74) is 5.32. The molecule has 0 amide bonds. The number of rotatable bonds is 10. The molecule has 1 fully saturated rings. The van der Waals surface area contributed by atoms with E-state index in [-0.39, 0.29) is 0 Å². The second-order valence-corrected chi connectivity index (χ2v) is 12.0. The van der Waals surface area contributed by atoms with E-state index in [0.717, 1.165) is 38.9 Å². The number of carboxylic acids is 1. The van der Waals surface area contributed by atoms with Crippen LogP contribution >= 0.6 is 0 Å². The summed E-state index contributed by atoms with van der Waals surface area (Å²) in [6.07, 6.45) is 0. The largest absolute Gasteiger partial charge is 0.487 e. The number of fused-ring (bicyclic) bond motifs is 1. The zero-order valence-corrected chi connectivity index (χ0v) is 26.2. The summed E-state index contributed by atoms with van der Waals surface area (Å²) in [6.45, 7) is 2.44. The summed E-state index contributed by atoms with van der Waals surface area (Å²) in [7, 11) is 0. The normalized spacial score (nSPS) is 15.8. The lowest BCUT2D eigenvalue weighted by atomic mass is 9.75. The second kappa shape index (κ2) is 13.6. The molecule has 1 N–H and O–H groups in total. The van der Waals surface area contributed by atoms with Crippen LogP contribution < -0.4 is 4.74 Å². The van der Waals surface area contributed by atoms with Crippen LogP contribution in [0.3, 0.4) is 0 Å². The maximum atomic E-state index is 13.0. The van der Waals surface area contributed by atoms with Gasteiger partial charge in [-0.15, -0.1) is 0 Å². The van der Waals surface area contributed by atoms with E-state index < -0.39 is 17.6 Å². The van der Waals surface area contributed by atoms with E-state index in [4.69, 9.17) is 9.72 Å². The van der Waals surface area contributed by atoms with E-state index in [2.05, 4.69) is 77.7 Å². The van der Waals surface area contributed by atoms with E-state index in [9.17, 15) is 9.90 Å². The number of ether oxygens (including phenoxy) is 1. The highest BCUT2D eigenvalue weighted by atomic mass is 16.5. The number of carboxylic acid groups (broad SMARTS) is 1. The maximum absolute atomic E-state index is 13.0. The molecule has 0 aliphatic carbocycles. The summed E-state index contributed by atoms with van der Waals surface area (Å²) in [5, 5.41) is 11.7. The highest BCUT2D eigenvalue weighted by Crippen LogP contribution is 2.43.